The van der Waals surface area contributed by atoms with Gasteiger partial charge in [-0.3, -0.25) is 9.98 Å². The molecule has 0 saturated carbocycles. The molecule has 0 aromatic carbocycles. The maximum atomic E-state index is 5.69. The van der Waals surface area contributed by atoms with Gasteiger partial charge in [0.05, 0.1) is 13.7 Å². The fraction of sp³-hybridized carbons (Fsp3) is 0.143. The van der Waals surface area contributed by atoms with Gasteiger partial charge in [0.15, 0.2) is 0 Å². The smallest absolute Gasteiger partial charge is 0.125 e. The largest absolute Gasteiger partial charge is 0.496 e. The first-order chi connectivity index (χ1) is 12.8. The van der Waals surface area contributed by atoms with E-state index in [1.54, 1.807) is 18.9 Å². The van der Waals surface area contributed by atoms with E-state index in [-0.39, 0.29) is 0 Å². The fourth-order valence-corrected chi connectivity index (χ4v) is 5.61. The van der Waals surface area contributed by atoms with E-state index in [9.17, 15) is 0 Å². The van der Waals surface area contributed by atoms with Crippen LogP contribution in [0.3, 0.4) is 0 Å². The number of rotatable bonds is 2. The van der Waals surface area contributed by atoms with Crippen LogP contribution in [0.4, 0.5) is 0 Å². The van der Waals surface area contributed by atoms with Gasteiger partial charge in [0.2, 0.25) is 0 Å². The lowest BCUT2D eigenvalue weighted by Gasteiger charge is -2.21. The Balaban J connectivity index is 1.67. The summed E-state index contributed by atoms with van der Waals surface area (Å²) in [5.41, 5.74) is 6.44. The van der Waals surface area contributed by atoms with Crippen molar-refractivity contribution in [3.8, 4) is 0 Å². The van der Waals surface area contributed by atoms with Crippen LogP contribution >= 0.6 is 23.5 Å². The molecule has 0 fully saturated rings. The number of thioether (sulfide) groups is 2. The lowest BCUT2D eigenvalue weighted by atomic mass is 10.1. The van der Waals surface area contributed by atoms with Gasteiger partial charge in [-0.05, 0) is 46.4 Å². The van der Waals surface area contributed by atoms with Crippen LogP contribution in [-0.4, -0.2) is 23.7 Å². The zero-order valence-electron chi connectivity index (χ0n) is 14.2. The predicted molar refractivity (Wildman–Crippen MR) is 110 cm³/mol. The van der Waals surface area contributed by atoms with Gasteiger partial charge < -0.3 is 4.74 Å². The monoisotopic (exact) mass is 376 g/mol. The Labute approximate surface area is 161 Å². The highest BCUT2D eigenvalue weighted by Crippen LogP contribution is 2.51. The standard InChI is InChI=1S/C21H16N2OS2/c1-24-18-5-4-15-16(11-14-3-2-10-25-19(14)15)20-17(18)12-23-21(26-20)13-6-8-22-9-7-13/h2-10H,11-12H2,1H3. The third-order valence-corrected chi connectivity index (χ3v) is 7.03. The molecule has 1 aromatic heterocycles. The number of ether oxygens (including phenoxy) is 1. The highest BCUT2D eigenvalue weighted by Gasteiger charge is 2.32. The number of nitrogens with zero attached hydrogens (tertiary/aromatic N) is 2. The van der Waals surface area contributed by atoms with Crippen molar-refractivity contribution in [1.29, 1.82) is 0 Å². The SMILES string of the molecule is COC1=C2CN=C(c3ccncc3)SC2=C2CC3=CC=CSC3=C2C=C1. The van der Waals surface area contributed by atoms with Crippen LogP contribution < -0.4 is 0 Å². The summed E-state index contributed by atoms with van der Waals surface area (Å²) in [6.07, 6.45) is 13.3. The summed E-state index contributed by atoms with van der Waals surface area (Å²) in [5, 5.41) is 3.21. The number of aliphatic imine (C=N–C) groups is 1. The Morgan fingerprint density at radius 1 is 1.08 bits per heavy atom. The van der Waals surface area contributed by atoms with Gasteiger partial charge in [-0.1, -0.05) is 35.7 Å². The van der Waals surface area contributed by atoms with E-state index >= 15 is 0 Å². The van der Waals surface area contributed by atoms with Gasteiger partial charge in [0.25, 0.3) is 0 Å². The first kappa shape index (κ1) is 16.0. The molecule has 3 heterocycles. The normalized spacial score (nSPS) is 21.1. The number of hydrogen-bond donors (Lipinski definition) is 0. The third-order valence-electron chi connectivity index (χ3n) is 4.76. The molecule has 4 aliphatic rings. The van der Waals surface area contributed by atoms with Gasteiger partial charge in [-0.2, -0.15) is 0 Å². The first-order valence-electron chi connectivity index (χ1n) is 8.44. The lowest BCUT2D eigenvalue weighted by Crippen LogP contribution is -2.10. The van der Waals surface area contributed by atoms with Crippen molar-refractivity contribution in [2.45, 2.75) is 6.42 Å². The molecule has 5 rings (SSSR count). The Morgan fingerprint density at radius 3 is 2.81 bits per heavy atom. The van der Waals surface area contributed by atoms with Gasteiger partial charge in [-0.25, -0.2) is 0 Å². The van der Waals surface area contributed by atoms with Crippen molar-refractivity contribution in [3.05, 3.63) is 97.7 Å². The van der Waals surface area contributed by atoms with Crippen molar-refractivity contribution >= 4 is 28.6 Å². The summed E-state index contributed by atoms with van der Waals surface area (Å²) >= 11 is 3.57. The van der Waals surface area contributed by atoms with Crippen molar-refractivity contribution in [1.82, 2.24) is 4.98 Å². The van der Waals surface area contributed by atoms with Gasteiger partial charge >= 0.3 is 0 Å². The zero-order chi connectivity index (χ0) is 17.5. The Hall–Kier alpha value is -2.24. The molecule has 2 aliphatic carbocycles. The molecule has 128 valence electrons. The van der Waals surface area contributed by atoms with Crippen LogP contribution in [0.25, 0.3) is 0 Å². The minimum atomic E-state index is 0.643. The minimum Gasteiger partial charge on any atom is -0.496 e. The van der Waals surface area contributed by atoms with Gasteiger partial charge in [-0.15, -0.1) is 0 Å². The number of pyridine rings is 1. The predicted octanol–water partition coefficient (Wildman–Crippen LogP) is 5.14. The van der Waals surface area contributed by atoms with Gasteiger partial charge in [0, 0.05) is 39.8 Å². The van der Waals surface area contributed by atoms with Crippen LogP contribution in [0.1, 0.15) is 12.0 Å². The Kier molecular flexibility index (Phi) is 3.98. The van der Waals surface area contributed by atoms with E-state index in [2.05, 4.69) is 34.7 Å². The molecule has 0 amide bonds. The third kappa shape index (κ3) is 2.54. The van der Waals surface area contributed by atoms with E-state index in [0.29, 0.717) is 6.54 Å². The molecular formula is C21H16N2OS2. The van der Waals surface area contributed by atoms with Crippen molar-refractivity contribution in [2.75, 3.05) is 13.7 Å². The van der Waals surface area contributed by atoms with Crippen LogP contribution in [0, 0.1) is 0 Å². The van der Waals surface area contributed by atoms with Crippen LogP contribution in [0.15, 0.2) is 97.1 Å². The Morgan fingerprint density at radius 2 is 1.96 bits per heavy atom. The molecule has 26 heavy (non-hydrogen) atoms. The molecule has 0 N–H and O–H groups in total. The van der Waals surface area contributed by atoms with E-state index in [1.807, 2.05) is 36.3 Å². The van der Waals surface area contributed by atoms with Crippen molar-refractivity contribution < 1.29 is 4.74 Å². The fourth-order valence-electron chi connectivity index (χ4n) is 3.53. The Bertz CT molecular complexity index is 1010. The van der Waals surface area contributed by atoms with Crippen LogP contribution in [0.2, 0.25) is 0 Å². The second-order valence-corrected chi connectivity index (χ2v) is 8.12. The lowest BCUT2D eigenvalue weighted by molar-refractivity contribution is 0.303. The van der Waals surface area contributed by atoms with E-state index in [4.69, 9.17) is 9.73 Å². The molecule has 3 nitrogen and oxygen atoms in total. The molecule has 2 aliphatic heterocycles. The summed E-state index contributed by atoms with van der Waals surface area (Å²) in [7, 11) is 1.74. The van der Waals surface area contributed by atoms with Crippen molar-refractivity contribution in [2.24, 2.45) is 4.99 Å². The molecule has 0 unspecified atom stereocenters. The molecule has 0 atom stereocenters. The first-order valence-corrected chi connectivity index (χ1v) is 10.1. The number of aromatic nitrogens is 1. The quantitative estimate of drug-likeness (QED) is 0.715. The average Bonchev–Trinajstić information content (AvgIpc) is 3.00. The summed E-state index contributed by atoms with van der Waals surface area (Å²) < 4.78 is 5.69. The molecular weight excluding hydrogens is 360 g/mol. The molecule has 1 aromatic rings. The molecule has 0 bridgehead atoms. The summed E-state index contributed by atoms with van der Waals surface area (Å²) in [6, 6.07) is 4.04. The maximum Gasteiger partial charge on any atom is 0.125 e. The van der Waals surface area contributed by atoms with E-state index < -0.39 is 0 Å². The number of methoxy groups -OCH3 is 1. The average molecular weight is 377 g/mol. The second kappa shape index (κ2) is 6.49. The second-order valence-electron chi connectivity index (χ2n) is 6.21. The summed E-state index contributed by atoms with van der Waals surface area (Å²) in [5.74, 6) is 0.918. The molecule has 0 radical (unpaired) electrons. The minimum absolute atomic E-state index is 0.643. The molecule has 5 heteroatoms. The highest BCUT2D eigenvalue weighted by molar-refractivity contribution is 8.18. The maximum absolute atomic E-state index is 5.69. The molecule has 0 spiro atoms. The number of hydrogen-bond acceptors (Lipinski definition) is 5. The number of allylic oxidation sites excluding steroid dienone is 7. The van der Waals surface area contributed by atoms with E-state index in [0.717, 1.165) is 22.8 Å². The zero-order valence-corrected chi connectivity index (χ0v) is 15.9. The van der Waals surface area contributed by atoms with Crippen LogP contribution in [-0.2, 0) is 4.74 Å². The highest BCUT2D eigenvalue weighted by atomic mass is 32.2. The number of fused-ring (bicyclic) bond motifs is 3. The van der Waals surface area contributed by atoms with Crippen LogP contribution in [0.5, 0.6) is 0 Å². The van der Waals surface area contributed by atoms with Gasteiger partial charge in [0.1, 0.15) is 10.8 Å². The summed E-state index contributed by atoms with van der Waals surface area (Å²) in [4.78, 5) is 11.6. The van der Waals surface area contributed by atoms with E-state index in [1.165, 1.54) is 32.1 Å². The van der Waals surface area contributed by atoms with Crippen molar-refractivity contribution in [3.63, 3.8) is 0 Å². The topological polar surface area (TPSA) is 34.5 Å². The summed E-state index contributed by atoms with van der Waals surface area (Å²) in [6.45, 7) is 0.643. The molecule has 0 saturated heterocycles.